The predicted molar refractivity (Wildman–Crippen MR) is 87.9 cm³/mol. The Morgan fingerprint density at radius 1 is 1.16 bits per heavy atom. The Morgan fingerprint density at radius 3 is 2.52 bits per heavy atom. The first-order chi connectivity index (χ1) is 12.0. The van der Waals surface area contributed by atoms with Gasteiger partial charge in [-0.1, -0.05) is 35.5 Å². The fourth-order valence-corrected chi connectivity index (χ4v) is 2.29. The Labute approximate surface area is 143 Å². The van der Waals surface area contributed by atoms with E-state index in [4.69, 9.17) is 13.7 Å². The van der Waals surface area contributed by atoms with Gasteiger partial charge in [-0.25, -0.2) is 4.79 Å². The van der Waals surface area contributed by atoms with Crippen LogP contribution >= 0.6 is 0 Å². The number of aromatic nitrogens is 1. The minimum atomic E-state index is -1.14. The number of anilines is 1. The van der Waals surface area contributed by atoms with E-state index < -0.39 is 18.0 Å². The molecule has 3 aromatic rings. The number of furan rings is 1. The summed E-state index contributed by atoms with van der Waals surface area (Å²) < 4.78 is 15.5. The van der Waals surface area contributed by atoms with Gasteiger partial charge in [0.2, 0.25) is 6.10 Å². The van der Waals surface area contributed by atoms with Gasteiger partial charge in [-0.15, -0.1) is 0 Å². The number of hydrogen-bond donors (Lipinski definition) is 1. The quantitative estimate of drug-likeness (QED) is 0.715. The van der Waals surface area contributed by atoms with Gasteiger partial charge in [0.15, 0.2) is 5.82 Å². The molecule has 1 atom stereocenters. The molecule has 0 aliphatic heterocycles. The molecule has 1 N–H and O–H groups in total. The molecule has 0 aliphatic carbocycles. The van der Waals surface area contributed by atoms with Crippen LogP contribution in [0, 0.1) is 13.8 Å². The van der Waals surface area contributed by atoms with Crippen LogP contribution in [0.15, 0.2) is 57.7 Å². The summed E-state index contributed by atoms with van der Waals surface area (Å²) in [7, 11) is 0. The lowest BCUT2D eigenvalue weighted by Gasteiger charge is -2.17. The molecule has 25 heavy (non-hydrogen) atoms. The van der Waals surface area contributed by atoms with Gasteiger partial charge in [0.1, 0.15) is 17.1 Å². The molecule has 0 saturated carbocycles. The standard InChI is InChI=1S/C18H16N2O5/c1-11-10-15(20-25-11)19-17(21)16(13-6-4-3-5-7-13)24-18(22)14-8-9-23-12(14)2/h3-10,16H,1-2H3,(H,19,20,21)/t16-/m1/s1. The van der Waals surface area contributed by atoms with E-state index in [0.29, 0.717) is 17.1 Å². The molecular formula is C18H16N2O5. The van der Waals surface area contributed by atoms with Crippen LogP contribution in [0.5, 0.6) is 0 Å². The molecule has 0 unspecified atom stereocenters. The maximum atomic E-state index is 12.6. The zero-order valence-corrected chi connectivity index (χ0v) is 13.7. The number of nitrogens with zero attached hydrogens (tertiary/aromatic N) is 1. The summed E-state index contributed by atoms with van der Waals surface area (Å²) >= 11 is 0. The van der Waals surface area contributed by atoms with E-state index in [1.54, 1.807) is 44.2 Å². The molecule has 1 aromatic carbocycles. The monoisotopic (exact) mass is 340 g/mol. The number of carbonyl (C=O) groups is 2. The molecule has 2 heterocycles. The highest BCUT2D eigenvalue weighted by molar-refractivity contribution is 5.97. The lowest BCUT2D eigenvalue weighted by Crippen LogP contribution is -2.26. The molecule has 0 radical (unpaired) electrons. The smallest absolute Gasteiger partial charge is 0.342 e. The first-order valence-corrected chi connectivity index (χ1v) is 7.59. The molecular weight excluding hydrogens is 324 g/mol. The van der Waals surface area contributed by atoms with Crippen molar-refractivity contribution >= 4 is 17.7 Å². The topological polar surface area (TPSA) is 94.6 Å². The van der Waals surface area contributed by atoms with Crippen LogP contribution in [0.1, 0.15) is 33.5 Å². The van der Waals surface area contributed by atoms with Gasteiger partial charge in [0, 0.05) is 11.6 Å². The van der Waals surface area contributed by atoms with Crippen molar-refractivity contribution in [1.29, 1.82) is 0 Å². The minimum absolute atomic E-state index is 0.249. The molecule has 1 amide bonds. The summed E-state index contributed by atoms with van der Waals surface area (Å²) in [4.78, 5) is 25.0. The van der Waals surface area contributed by atoms with Gasteiger partial charge in [-0.2, -0.15) is 0 Å². The van der Waals surface area contributed by atoms with E-state index in [-0.39, 0.29) is 11.4 Å². The van der Waals surface area contributed by atoms with Crippen molar-refractivity contribution in [3.63, 3.8) is 0 Å². The Balaban J connectivity index is 1.83. The van der Waals surface area contributed by atoms with Crippen LogP contribution < -0.4 is 5.32 Å². The maximum Gasteiger partial charge on any atom is 0.342 e. The van der Waals surface area contributed by atoms with Gasteiger partial charge >= 0.3 is 5.97 Å². The van der Waals surface area contributed by atoms with E-state index in [1.165, 1.54) is 12.3 Å². The number of carbonyl (C=O) groups excluding carboxylic acids is 2. The van der Waals surface area contributed by atoms with E-state index in [0.717, 1.165) is 0 Å². The summed E-state index contributed by atoms with van der Waals surface area (Å²) in [6.07, 6.45) is 0.252. The Kier molecular flexibility index (Phi) is 4.65. The summed E-state index contributed by atoms with van der Waals surface area (Å²) in [5, 5.41) is 6.29. The van der Waals surface area contributed by atoms with Crippen molar-refractivity contribution in [2.45, 2.75) is 20.0 Å². The molecule has 2 aromatic heterocycles. The summed E-state index contributed by atoms with van der Waals surface area (Å²) in [5.41, 5.74) is 0.806. The number of benzene rings is 1. The van der Waals surface area contributed by atoms with Crippen molar-refractivity contribution in [2.24, 2.45) is 0 Å². The summed E-state index contributed by atoms with van der Waals surface area (Å²) in [6, 6.07) is 11.8. The second-order valence-corrected chi connectivity index (χ2v) is 5.40. The lowest BCUT2D eigenvalue weighted by atomic mass is 10.1. The second kappa shape index (κ2) is 7.04. The summed E-state index contributed by atoms with van der Waals surface area (Å²) in [6.45, 7) is 3.35. The third-order valence-corrected chi connectivity index (χ3v) is 3.52. The normalized spacial score (nSPS) is 11.8. The number of ether oxygens (including phenoxy) is 1. The van der Waals surface area contributed by atoms with Crippen LogP contribution in [-0.2, 0) is 9.53 Å². The van der Waals surface area contributed by atoms with Gasteiger partial charge in [0.25, 0.3) is 5.91 Å². The van der Waals surface area contributed by atoms with Crippen molar-refractivity contribution in [3.8, 4) is 0 Å². The number of nitrogens with one attached hydrogen (secondary N) is 1. The summed E-state index contributed by atoms with van der Waals surface area (Å²) in [5.74, 6) is 0.0430. The number of aryl methyl sites for hydroxylation is 2. The maximum absolute atomic E-state index is 12.6. The van der Waals surface area contributed by atoms with E-state index >= 15 is 0 Å². The number of rotatable bonds is 5. The minimum Gasteiger partial charge on any atom is -0.469 e. The van der Waals surface area contributed by atoms with Crippen LogP contribution in [0.25, 0.3) is 0 Å². The molecule has 3 rings (SSSR count). The fourth-order valence-electron chi connectivity index (χ4n) is 2.29. The van der Waals surface area contributed by atoms with Gasteiger partial charge in [0.05, 0.1) is 6.26 Å². The van der Waals surface area contributed by atoms with Crippen molar-refractivity contribution in [3.05, 3.63) is 71.4 Å². The van der Waals surface area contributed by atoms with Gasteiger partial charge < -0.3 is 19.0 Å². The van der Waals surface area contributed by atoms with Gasteiger partial charge in [-0.3, -0.25) is 4.79 Å². The zero-order valence-electron chi connectivity index (χ0n) is 13.7. The van der Waals surface area contributed by atoms with Gasteiger partial charge in [-0.05, 0) is 19.9 Å². The number of amides is 1. The predicted octanol–water partition coefficient (Wildman–Crippen LogP) is 3.42. The fraction of sp³-hybridized carbons (Fsp3) is 0.167. The Bertz CT molecular complexity index is 882. The number of hydrogen-bond acceptors (Lipinski definition) is 6. The van der Waals surface area contributed by atoms with Crippen molar-refractivity contribution in [2.75, 3.05) is 5.32 Å². The van der Waals surface area contributed by atoms with E-state index in [9.17, 15) is 9.59 Å². The van der Waals surface area contributed by atoms with E-state index in [2.05, 4.69) is 10.5 Å². The number of esters is 1. The Hall–Kier alpha value is -3.35. The molecule has 7 nitrogen and oxygen atoms in total. The highest BCUT2D eigenvalue weighted by Crippen LogP contribution is 2.22. The SMILES string of the molecule is Cc1cc(NC(=O)[C@H](OC(=O)c2ccoc2C)c2ccccc2)no1. The van der Waals surface area contributed by atoms with Crippen LogP contribution in [-0.4, -0.2) is 17.0 Å². The highest BCUT2D eigenvalue weighted by Gasteiger charge is 2.27. The first kappa shape index (κ1) is 16.5. The highest BCUT2D eigenvalue weighted by atomic mass is 16.5. The van der Waals surface area contributed by atoms with E-state index in [1.807, 2.05) is 6.07 Å². The van der Waals surface area contributed by atoms with Crippen LogP contribution in [0.3, 0.4) is 0 Å². The molecule has 7 heteroatoms. The average Bonchev–Trinajstić information content (AvgIpc) is 3.21. The molecule has 0 fully saturated rings. The van der Waals surface area contributed by atoms with Crippen LogP contribution in [0.2, 0.25) is 0 Å². The third kappa shape index (κ3) is 3.77. The molecule has 0 aliphatic rings. The largest absolute Gasteiger partial charge is 0.469 e. The van der Waals surface area contributed by atoms with Crippen molar-refractivity contribution < 1.29 is 23.3 Å². The lowest BCUT2D eigenvalue weighted by molar-refractivity contribution is -0.125. The van der Waals surface area contributed by atoms with Crippen LogP contribution in [0.4, 0.5) is 5.82 Å². The molecule has 128 valence electrons. The molecule has 0 spiro atoms. The Morgan fingerprint density at radius 2 is 1.92 bits per heavy atom. The molecule has 0 bridgehead atoms. The zero-order chi connectivity index (χ0) is 17.8. The third-order valence-electron chi connectivity index (χ3n) is 3.52. The first-order valence-electron chi connectivity index (χ1n) is 7.59. The van der Waals surface area contributed by atoms with Crippen molar-refractivity contribution in [1.82, 2.24) is 5.16 Å². The molecule has 0 saturated heterocycles. The second-order valence-electron chi connectivity index (χ2n) is 5.40. The average molecular weight is 340 g/mol.